The van der Waals surface area contributed by atoms with Gasteiger partial charge in [0.2, 0.25) is 0 Å². The van der Waals surface area contributed by atoms with Crippen LogP contribution in [-0.2, 0) is 9.63 Å². The Kier molecular flexibility index (Phi) is 3.41. The molecular weight excluding hydrogens is 306 g/mol. The van der Waals surface area contributed by atoms with E-state index in [0.29, 0.717) is 5.06 Å². The van der Waals surface area contributed by atoms with Crippen molar-refractivity contribution in [1.82, 2.24) is 5.06 Å². The van der Waals surface area contributed by atoms with E-state index in [0.717, 1.165) is 18.4 Å². The van der Waals surface area contributed by atoms with Gasteiger partial charge in [-0.25, -0.2) is 4.79 Å². The molecule has 0 saturated heterocycles. The highest BCUT2D eigenvalue weighted by Gasteiger charge is 2.43. The third kappa shape index (κ3) is 2.38. The van der Waals surface area contributed by atoms with E-state index < -0.39 is 23.7 Å². The van der Waals surface area contributed by atoms with Crippen LogP contribution in [0, 0.1) is 5.92 Å². The Hall–Kier alpha value is -2.95. The molecule has 0 aromatic heterocycles. The second-order valence-corrected chi connectivity index (χ2v) is 6.09. The van der Waals surface area contributed by atoms with Crippen LogP contribution >= 0.6 is 0 Å². The van der Waals surface area contributed by atoms with Gasteiger partial charge in [0.1, 0.15) is 0 Å². The highest BCUT2D eigenvalue weighted by Crippen LogP contribution is 2.43. The Morgan fingerprint density at radius 2 is 1.46 bits per heavy atom. The van der Waals surface area contributed by atoms with Gasteiger partial charge in [0.25, 0.3) is 11.8 Å². The second-order valence-electron chi connectivity index (χ2n) is 6.09. The topological polar surface area (TPSA) is 63.7 Å². The maximum Gasteiger partial charge on any atom is 0.340 e. The fourth-order valence-corrected chi connectivity index (χ4v) is 3.09. The largest absolute Gasteiger partial charge is 0.340 e. The smallest absolute Gasteiger partial charge is 0.329 e. The van der Waals surface area contributed by atoms with E-state index in [9.17, 15) is 14.4 Å². The zero-order valence-electron chi connectivity index (χ0n) is 12.8. The summed E-state index contributed by atoms with van der Waals surface area (Å²) in [6.45, 7) is 0. The van der Waals surface area contributed by atoms with E-state index in [-0.39, 0.29) is 17.0 Å². The molecule has 2 aliphatic rings. The van der Waals surface area contributed by atoms with Gasteiger partial charge in [-0.15, -0.1) is 0 Å². The molecule has 0 spiro atoms. The molecule has 1 atom stereocenters. The van der Waals surface area contributed by atoms with E-state index >= 15 is 0 Å². The lowest BCUT2D eigenvalue weighted by Crippen LogP contribution is -2.35. The summed E-state index contributed by atoms with van der Waals surface area (Å²) in [5.41, 5.74) is 1.37. The summed E-state index contributed by atoms with van der Waals surface area (Å²) in [7, 11) is 0. The van der Waals surface area contributed by atoms with Gasteiger partial charge in [-0.05, 0) is 36.5 Å². The summed E-state index contributed by atoms with van der Waals surface area (Å²) in [6.07, 6.45) is 1.88. The summed E-state index contributed by atoms with van der Waals surface area (Å²) >= 11 is 0. The second kappa shape index (κ2) is 5.60. The lowest BCUT2D eigenvalue weighted by Gasteiger charge is -2.19. The molecule has 1 aliphatic heterocycles. The molecule has 5 nitrogen and oxygen atoms in total. The molecule has 2 amide bonds. The van der Waals surface area contributed by atoms with E-state index in [2.05, 4.69) is 0 Å². The summed E-state index contributed by atoms with van der Waals surface area (Å²) in [4.78, 5) is 42.5. The maximum absolute atomic E-state index is 12.7. The molecule has 0 N–H and O–H groups in total. The van der Waals surface area contributed by atoms with Gasteiger partial charge in [0.05, 0.1) is 17.0 Å². The summed E-state index contributed by atoms with van der Waals surface area (Å²) in [5, 5.41) is 0.589. The van der Waals surface area contributed by atoms with Gasteiger partial charge >= 0.3 is 5.97 Å². The van der Waals surface area contributed by atoms with Crippen molar-refractivity contribution >= 4 is 17.8 Å². The van der Waals surface area contributed by atoms with Crippen LogP contribution in [0.25, 0.3) is 0 Å². The van der Waals surface area contributed by atoms with Gasteiger partial charge in [-0.1, -0.05) is 47.5 Å². The van der Waals surface area contributed by atoms with E-state index in [1.807, 2.05) is 30.3 Å². The molecule has 24 heavy (non-hydrogen) atoms. The Balaban J connectivity index is 1.58. The van der Waals surface area contributed by atoms with Crippen LogP contribution in [0.3, 0.4) is 0 Å². The number of carbonyl (C=O) groups excluding carboxylic acids is 3. The standard InChI is InChI=1S/C19H15NO4/c21-17-14-8-4-5-9-15(14)18(22)20(17)24-19(23)16(13-10-11-13)12-6-2-1-3-7-12/h1-9,13,16H,10-11H2. The first-order valence-corrected chi connectivity index (χ1v) is 7.91. The van der Waals surface area contributed by atoms with E-state index in [4.69, 9.17) is 4.84 Å². The molecule has 4 rings (SSSR count). The van der Waals surface area contributed by atoms with Gasteiger partial charge in [-0.2, -0.15) is 0 Å². The van der Waals surface area contributed by atoms with Crippen molar-refractivity contribution in [3.8, 4) is 0 Å². The van der Waals surface area contributed by atoms with Crippen molar-refractivity contribution in [1.29, 1.82) is 0 Å². The van der Waals surface area contributed by atoms with Crippen molar-refractivity contribution in [3.05, 3.63) is 71.3 Å². The number of benzene rings is 2. The summed E-state index contributed by atoms with van der Waals surface area (Å²) in [5.74, 6) is -1.98. The van der Waals surface area contributed by atoms with Crippen molar-refractivity contribution in [2.75, 3.05) is 0 Å². The van der Waals surface area contributed by atoms with Crippen LogP contribution in [-0.4, -0.2) is 22.8 Å². The van der Waals surface area contributed by atoms with Crippen LogP contribution < -0.4 is 0 Å². The molecule has 0 bridgehead atoms. The van der Waals surface area contributed by atoms with E-state index in [1.165, 1.54) is 0 Å². The molecule has 1 saturated carbocycles. The maximum atomic E-state index is 12.7. The van der Waals surface area contributed by atoms with Gasteiger partial charge in [0.15, 0.2) is 0 Å². The molecule has 2 aromatic rings. The molecular formula is C19H15NO4. The fourth-order valence-electron chi connectivity index (χ4n) is 3.09. The van der Waals surface area contributed by atoms with Crippen molar-refractivity contribution in [3.63, 3.8) is 0 Å². The summed E-state index contributed by atoms with van der Waals surface area (Å²) < 4.78 is 0. The zero-order valence-corrected chi connectivity index (χ0v) is 12.8. The minimum Gasteiger partial charge on any atom is -0.329 e. The van der Waals surface area contributed by atoms with Crippen molar-refractivity contribution < 1.29 is 19.2 Å². The lowest BCUT2D eigenvalue weighted by molar-refractivity contribution is -0.171. The van der Waals surface area contributed by atoms with Crippen molar-refractivity contribution in [2.45, 2.75) is 18.8 Å². The zero-order chi connectivity index (χ0) is 16.7. The molecule has 2 aromatic carbocycles. The number of imide groups is 1. The number of hydrogen-bond donors (Lipinski definition) is 0. The first kappa shape index (κ1) is 14.6. The SMILES string of the molecule is O=C(ON1C(=O)c2ccccc2C1=O)C(c1ccccc1)C1CC1. The average molecular weight is 321 g/mol. The fraction of sp³-hybridized carbons (Fsp3) is 0.211. The number of amides is 2. The Morgan fingerprint density at radius 3 is 2.00 bits per heavy atom. The third-order valence-electron chi connectivity index (χ3n) is 4.44. The van der Waals surface area contributed by atoms with Crippen LogP contribution in [0.2, 0.25) is 0 Å². The predicted octanol–water partition coefficient (Wildman–Crippen LogP) is 2.93. The number of hydroxylamine groups is 2. The molecule has 120 valence electrons. The Morgan fingerprint density at radius 1 is 0.917 bits per heavy atom. The first-order valence-electron chi connectivity index (χ1n) is 7.91. The minimum atomic E-state index is -0.591. The summed E-state index contributed by atoms with van der Waals surface area (Å²) in [6, 6.07) is 15.8. The normalized spacial score (nSPS) is 17.6. The van der Waals surface area contributed by atoms with Crippen LogP contribution in [0.15, 0.2) is 54.6 Å². The molecule has 1 unspecified atom stereocenters. The molecule has 1 heterocycles. The molecule has 1 aliphatic carbocycles. The molecule has 5 heteroatoms. The van der Waals surface area contributed by atoms with Crippen LogP contribution in [0.4, 0.5) is 0 Å². The number of carbonyl (C=O) groups is 3. The van der Waals surface area contributed by atoms with E-state index in [1.54, 1.807) is 24.3 Å². The number of hydrogen-bond acceptors (Lipinski definition) is 4. The highest BCUT2D eigenvalue weighted by molar-refractivity contribution is 6.20. The minimum absolute atomic E-state index is 0.204. The predicted molar refractivity (Wildman–Crippen MR) is 84.9 cm³/mol. The van der Waals surface area contributed by atoms with Gasteiger partial charge in [-0.3, -0.25) is 9.59 Å². The number of nitrogens with zero attached hydrogens (tertiary/aromatic N) is 1. The Labute approximate surface area is 138 Å². The monoisotopic (exact) mass is 321 g/mol. The van der Waals surface area contributed by atoms with Crippen LogP contribution in [0.5, 0.6) is 0 Å². The Bertz CT molecular complexity index is 791. The first-order chi connectivity index (χ1) is 11.7. The quantitative estimate of drug-likeness (QED) is 0.812. The lowest BCUT2D eigenvalue weighted by atomic mass is 9.94. The highest BCUT2D eigenvalue weighted by atomic mass is 16.7. The van der Waals surface area contributed by atoms with Crippen LogP contribution in [0.1, 0.15) is 45.0 Å². The van der Waals surface area contributed by atoms with Crippen molar-refractivity contribution in [2.24, 2.45) is 5.92 Å². The molecule has 0 radical (unpaired) electrons. The molecule has 1 fully saturated rings. The van der Waals surface area contributed by atoms with Gasteiger partial charge < -0.3 is 4.84 Å². The number of rotatable bonds is 4. The average Bonchev–Trinajstić information content (AvgIpc) is 3.41. The number of fused-ring (bicyclic) bond motifs is 1. The third-order valence-corrected chi connectivity index (χ3v) is 4.44. The van der Waals surface area contributed by atoms with Gasteiger partial charge in [0, 0.05) is 0 Å².